The van der Waals surface area contributed by atoms with Crippen LogP contribution in [0.2, 0.25) is 0 Å². The molecule has 1 atom stereocenters. The van der Waals surface area contributed by atoms with Crippen LogP contribution < -0.4 is 20.5 Å². The van der Waals surface area contributed by atoms with Crippen LogP contribution in [-0.4, -0.2) is 22.8 Å². The molecule has 0 radical (unpaired) electrons. The van der Waals surface area contributed by atoms with Gasteiger partial charge in [0.1, 0.15) is 35.4 Å². The van der Waals surface area contributed by atoms with Crippen LogP contribution in [0.5, 0.6) is 17.2 Å². The number of amides is 2. The number of aryl methyl sites for hydroxylation is 1. The van der Waals surface area contributed by atoms with Gasteiger partial charge in [0.15, 0.2) is 0 Å². The third-order valence-electron chi connectivity index (χ3n) is 6.39. The summed E-state index contributed by atoms with van der Waals surface area (Å²) in [6.07, 6.45) is 3.94. The van der Waals surface area contributed by atoms with Crippen LogP contribution in [0, 0.1) is 5.82 Å². The van der Waals surface area contributed by atoms with Gasteiger partial charge >= 0.3 is 0 Å². The zero-order valence-corrected chi connectivity index (χ0v) is 20.5. The largest absolute Gasteiger partial charge is 0.489 e. The van der Waals surface area contributed by atoms with E-state index in [1.165, 1.54) is 23.9 Å². The highest BCUT2D eigenvalue weighted by Gasteiger charge is 2.21. The van der Waals surface area contributed by atoms with Gasteiger partial charge in [-0.25, -0.2) is 4.39 Å². The highest BCUT2D eigenvalue weighted by molar-refractivity contribution is 5.94. The molecule has 38 heavy (non-hydrogen) atoms. The highest BCUT2D eigenvalue weighted by Crippen LogP contribution is 2.27. The molecule has 1 aromatic heterocycles. The Hall–Kier alpha value is -4.72. The lowest BCUT2D eigenvalue weighted by atomic mass is 9.88. The maximum Gasteiger partial charge on any atom is 0.267 e. The molecule has 0 bridgehead atoms. The molecule has 0 saturated heterocycles. The molecule has 1 heterocycles. The second-order valence-corrected chi connectivity index (χ2v) is 9.13. The summed E-state index contributed by atoms with van der Waals surface area (Å²) >= 11 is 0. The average Bonchev–Trinajstić information content (AvgIpc) is 2.93. The molecule has 7 nitrogen and oxygen atoms in total. The number of ether oxygens (including phenoxy) is 2. The lowest BCUT2D eigenvalue weighted by Crippen LogP contribution is -2.38. The first kappa shape index (κ1) is 25.0. The number of nitrogens with one attached hydrogen (secondary N) is 1. The third-order valence-corrected chi connectivity index (χ3v) is 6.39. The number of halogens is 1. The Bertz CT molecular complexity index is 1460. The van der Waals surface area contributed by atoms with Crippen molar-refractivity contribution in [3.63, 3.8) is 0 Å². The van der Waals surface area contributed by atoms with Crippen LogP contribution in [0.15, 0.2) is 85.1 Å². The van der Waals surface area contributed by atoms with E-state index in [1.807, 2.05) is 12.1 Å². The Balaban J connectivity index is 1.17. The summed E-state index contributed by atoms with van der Waals surface area (Å²) in [5.74, 6) is 0.729. The van der Waals surface area contributed by atoms with Crippen molar-refractivity contribution in [3.8, 4) is 17.2 Å². The summed E-state index contributed by atoms with van der Waals surface area (Å²) in [5, 5.41) is 3.13. The van der Waals surface area contributed by atoms with E-state index in [2.05, 4.69) is 16.4 Å². The van der Waals surface area contributed by atoms with E-state index >= 15 is 0 Å². The van der Waals surface area contributed by atoms with Crippen molar-refractivity contribution in [2.75, 3.05) is 0 Å². The first-order valence-electron chi connectivity index (χ1n) is 12.3. The summed E-state index contributed by atoms with van der Waals surface area (Å²) in [6.45, 7) is 0.280. The smallest absolute Gasteiger partial charge is 0.267 e. The molecule has 3 aromatic carbocycles. The van der Waals surface area contributed by atoms with E-state index in [-0.39, 0.29) is 30.1 Å². The fraction of sp³-hybridized carbons (Fsp3) is 0.167. The van der Waals surface area contributed by atoms with Crippen molar-refractivity contribution in [3.05, 3.63) is 119 Å². The molecule has 5 rings (SSSR count). The minimum Gasteiger partial charge on any atom is -0.489 e. The summed E-state index contributed by atoms with van der Waals surface area (Å²) in [6, 6.07) is 22.0. The maximum atomic E-state index is 13.1. The molecule has 0 aliphatic heterocycles. The number of rotatable bonds is 8. The summed E-state index contributed by atoms with van der Waals surface area (Å²) in [5.41, 5.74) is 9.21. The van der Waals surface area contributed by atoms with Crippen molar-refractivity contribution >= 4 is 11.8 Å². The van der Waals surface area contributed by atoms with Crippen molar-refractivity contribution in [1.82, 2.24) is 10.3 Å². The van der Waals surface area contributed by atoms with Crippen LogP contribution in [-0.2, 0) is 19.4 Å². The number of aromatic nitrogens is 1. The van der Waals surface area contributed by atoms with Gasteiger partial charge < -0.3 is 20.5 Å². The molecular weight excluding hydrogens is 485 g/mol. The average molecular weight is 512 g/mol. The highest BCUT2D eigenvalue weighted by atomic mass is 19.1. The number of nitrogens with two attached hydrogens (primary N) is 1. The number of hydrogen-bond acceptors (Lipinski definition) is 5. The molecule has 1 aliphatic carbocycles. The van der Waals surface area contributed by atoms with Gasteiger partial charge in [0.25, 0.3) is 11.8 Å². The first-order chi connectivity index (χ1) is 18.4. The van der Waals surface area contributed by atoms with E-state index in [0.717, 1.165) is 24.0 Å². The Morgan fingerprint density at radius 1 is 0.921 bits per heavy atom. The van der Waals surface area contributed by atoms with Gasteiger partial charge in [0, 0.05) is 17.8 Å². The van der Waals surface area contributed by atoms with Crippen molar-refractivity contribution < 1.29 is 23.5 Å². The first-order valence-corrected chi connectivity index (χ1v) is 12.3. The molecule has 0 saturated carbocycles. The predicted octanol–water partition coefficient (Wildman–Crippen LogP) is 4.98. The van der Waals surface area contributed by atoms with Crippen LogP contribution in [0.25, 0.3) is 0 Å². The monoisotopic (exact) mass is 511 g/mol. The number of pyridine rings is 1. The van der Waals surface area contributed by atoms with Gasteiger partial charge in [-0.15, -0.1) is 0 Å². The second-order valence-electron chi connectivity index (χ2n) is 9.13. The summed E-state index contributed by atoms with van der Waals surface area (Å²) < 4.78 is 24.7. The number of carbonyl (C=O) groups is 2. The molecule has 1 unspecified atom stereocenters. The Morgan fingerprint density at radius 3 is 2.37 bits per heavy atom. The van der Waals surface area contributed by atoms with Gasteiger partial charge in [0.05, 0.1) is 0 Å². The van der Waals surface area contributed by atoms with Gasteiger partial charge in [-0.05, 0) is 109 Å². The summed E-state index contributed by atoms with van der Waals surface area (Å²) in [4.78, 5) is 28.2. The van der Waals surface area contributed by atoms with E-state index in [9.17, 15) is 14.0 Å². The van der Waals surface area contributed by atoms with Crippen LogP contribution in [0.1, 0.15) is 44.0 Å². The van der Waals surface area contributed by atoms with Crippen molar-refractivity contribution in [2.45, 2.75) is 31.9 Å². The van der Waals surface area contributed by atoms with Gasteiger partial charge in [0.2, 0.25) is 0 Å². The van der Waals surface area contributed by atoms with Gasteiger partial charge in [-0.2, -0.15) is 0 Å². The van der Waals surface area contributed by atoms with Crippen molar-refractivity contribution in [1.29, 1.82) is 0 Å². The molecule has 0 spiro atoms. The van der Waals surface area contributed by atoms with Gasteiger partial charge in [-0.3, -0.25) is 14.6 Å². The Labute approximate surface area is 219 Å². The third kappa shape index (κ3) is 6.15. The lowest BCUT2D eigenvalue weighted by Gasteiger charge is -2.26. The number of primary amides is 1. The number of carbonyl (C=O) groups excluding carboxylic acids is 2. The van der Waals surface area contributed by atoms with E-state index in [1.54, 1.807) is 48.5 Å². The number of fused-ring (bicyclic) bond motifs is 1. The molecule has 3 N–H and O–H groups in total. The van der Waals surface area contributed by atoms with Gasteiger partial charge in [-0.1, -0.05) is 6.07 Å². The topological polar surface area (TPSA) is 104 Å². The minimum atomic E-state index is -0.581. The predicted molar refractivity (Wildman–Crippen MR) is 140 cm³/mol. The van der Waals surface area contributed by atoms with E-state index in [0.29, 0.717) is 29.2 Å². The summed E-state index contributed by atoms with van der Waals surface area (Å²) in [7, 11) is 0. The minimum absolute atomic E-state index is 0.00119. The number of nitrogens with zero attached hydrogens (tertiary/aromatic N) is 1. The van der Waals surface area contributed by atoms with Crippen LogP contribution >= 0.6 is 0 Å². The normalized spacial score (nSPS) is 14.3. The molecule has 1 aliphatic rings. The SMILES string of the molecule is NC(=O)c1cc(COc2ccc3c(c2)CC(NC(=O)c2ccc(Oc4ccc(F)cc4)cc2)CC3)ccn1. The number of benzene rings is 3. The van der Waals surface area contributed by atoms with Crippen LogP contribution in [0.4, 0.5) is 4.39 Å². The Kier molecular flexibility index (Phi) is 7.31. The fourth-order valence-corrected chi connectivity index (χ4v) is 4.39. The molecule has 4 aromatic rings. The Morgan fingerprint density at radius 2 is 1.63 bits per heavy atom. The zero-order valence-electron chi connectivity index (χ0n) is 20.5. The quantitative estimate of drug-likeness (QED) is 0.347. The molecule has 192 valence electrons. The molecule has 0 fully saturated rings. The zero-order chi connectivity index (χ0) is 26.5. The lowest BCUT2D eigenvalue weighted by molar-refractivity contribution is 0.0932. The van der Waals surface area contributed by atoms with E-state index < -0.39 is 5.91 Å². The second kappa shape index (κ2) is 11.1. The standard InChI is InChI=1S/C30H26FN3O4/c31-23-5-11-26(12-6-23)38-25-8-3-21(4-9-25)30(36)34-24-7-1-20-2-10-27(17-22(20)16-24)37-18-19-13-14-33-28(15-19)29(32)35/h2-6,8-15,17,24H,1,7,16,18H2,(H2,32,35)(H,34,36). The number of hydrogen-bond donors (Lipinski definition) is 2. The van der Waals surface area contributed by atoms with Crippen molar-refractivity contribution in [2.24, 2.45) is 5.73 Å². The van der Waals surface area contributed by atoms with E-state index in [4.69, 9.17) is 15.2 Å². The molecular formula is C30H26FN3O4. The fourth-order valence-electron chi connectivity index (χ4n) is 4.39. The maximum absolute atomic E-state index is 13.1. The molecule has 2 amide bonds. The molecule has 8 heteroatoms. The van der Waals surface area contributed by atoms with Crippen LogP contribution in [0.3, 0.4) is 0 Å².